The number of nitrogens with zero attached hydrogens (tertiary/aromatic N) is 5. The maximum Gasteiger partial charge on any atom is 0.224 e. The molecule has 1 N–H and O–H groups in total. The first-order valence-electron chi connectivity index (χ1n) is 10.3. The molecule has 9 heteroatoms. The summed E-state index contributed by atoms with van der Waals surface area (Å²) >= 11 is 12.1. The number of anilines is 3. The Morgan fingerprint density at radius 3 is 2.50 bits per heavy atom. The van der Waals surface area contributed by atoms with Gasteiger partial charge in [0.25, 0.3) is 0 Å². The second-order valence-corrected chi connectivity index (χ2v) is 8.65. The number of halogens is 2. The molecule has 0 radical (unpaired) electrons. The van der Waals surface area contributed by atoms with E-state index in [4.69, 9.17) is 27.9 Å². The van der Waals surface area contributed by atoms with E-state index < -0.39 is 0 Å². The highest BCUT2D eigenvalue weighted by molar-refractivity contribution is 6.33. The van der Waals surface area contributed by atoms with Crippen LogP contribution in [0.3, 0.4) is 0 Å². The monoisotopic (exact) mass is 450 g/mol. The van der Waals surface area contributed by atoms with Crippen LogP contribution in [0.4, 0.5) is 17.2 Å². The fraction of sp³-hybridized carbons (Fsp3) is 0.524. The highest BCUT2D eigenvalue weighted by Crippen LogP contribution is 2.34. The van der Waals surface area contributed by atoms with Gasteiger partial charge in [0.05, 0.1) is 19.0 Å². The van der Waals surface area contributed by atoms with Gasteiger partial charge in [-0.05, 0) is 56.7 Å². The Labute approximate surface area is 187 Å². The third-order valence-corrected chi connectivity index (χ3v) is 6.50. The Morgan fingerprint density at radius 2 is 1.80 bits per heavy atom. The van der Waals surface area contributed by atoms with Gasteiger partial charge in [0, 0.05) is 44.0 Å². The van der Waals surface area contributed by atoms with E-state index in [1.807, 2.05) is 6.07 Å². The molecule has 2 aliphatic heterocycles. The van der Waals surface area contributed by atoms with Crippen molar-refractivity contribution in [1.82, 2.24) is 19.8 Å². The zero-order valence-electron chi connectivity index (χ0n) is 17.4. The van der Waals surface area contributed by atoms with Gasteiger partial charge in [0.1, 0.15) is 10.8 Å². The molecule has 7 nitrogen and oxygen atoms in total. The van der Waals surface area contributed by atoms with Gasteiger partial charge in [-0.3, -0.25) is 4.90 Å². The molecule has 0 atom stereocenters. The van der Waals surface area contributed by atoms with Gasteiger partial charge in [-0.25, -0.2) is 4.98 Å². The third kappa shape index (κ3) is 4.91. The molecule has 3 heterocycles. The van der Waals surface area contributed by atoms with Crippen molar-refractivity contribution in [3.05, 3.63) is 34.7 Å². The summed E-state index contributed by atoms with van der Waals surface area (Å²) < 4.78 is 5.62. The van der Waals surface area contributed by atoms with Crippen LogP contribution in [-0.4, -0.2) is 79.2 Å². The Morgan fingerprint density at radius 1 is 1.07 bits per heavy atom. The summed E-state index contributed by atoms with van der Waals surface area (Å²) in [5, 5.41) is 3.73. The molecular weight excluding hydrogens is 423 g/mol. The predicted octanol–water partition coefficient (Wildman–Crippen LogP) is 3.75. The van der Waals surface area contributed by atoms with Crippen LogP contribution in [-0.2, 0) is 0 Å². The lowest BCUT2D eigenvalue weighted by atomic mass is 10.0. The minimum absolute atomic E-state index is 0.139. The first kappa shape index (κ1) is 21.4. The highest BCUT2D eigenvalue weighted by atomic mass is 35.5. The second-order valence-electron chi connectivity index (χ2n) is 7.90. The second kappa shape index (κ2) is 9.56. The highest BCUT2D eigenvalue weighted by Gasteiger charge is 2.26. The molecule has 0 unspecified atom stereocenters. The molecule has 4 rings (SSSR count). The fourth-order valence-electron chi connectivity index (χ4n) is 4.25. The van der Waals surface area contributed by atoms with Gasteiger partial charge in [0.15, 0.2) is 5.82 Å². The minimum atomic E-state index is 0.139. The van der Waals surface area contributed by atoms with Gasteiger partial charge in [-0.15, -0.1) is 0 Å². The molecule has 2 fully saturated rings. The number of ether oxygens (including phenoxy) is 1. The van der Waals surface area contributed by atoms with E-state index in [1.165, 1.54) is 32.1 Å². The lowest BCUT2D eigenvalue weighted by molar-refractivity contribution is 0.115. The van der Waals surface area contributed by atoms with Crippen LogP contribution < -0.4 is 15.0 Å². The van der Waals surface area contributed by atoms with Crippen molar-refractivity contribution in [3.63, 3.8) is 0 Å². The van der Waals surface area contributed by atoms with Crippen LogP contribution in [0.1, 0.15) is 12.8 Å². The SMILES string of the molecule is COc1cc(N2CCN(C3CCN(C)CC3)CC2)ccc1Nc1nc(Cl)ncc1Cl. The van der Waals surface area contributed by atoms with E-state index >= 15 is 0 Å². The average Bonchev–Trinajstić information content (AvgIpc) is 2.77. The molecule has 1 aromatic carbocycles. The number of aromatic nitrogens is 2. The molecule has 30 heavy (non-hydrogen) atoms. The summed E-state index contributed by atoms with van der Waals surface area (Å²) in [5.41, 5.74) is 1.94. The average molecular weight is 451 g/mol. The summed E-state index contributed by atoms with van der Waals surface area (Å²) in [6, 6.07) is 6.88. The number of piperazine rings is 1. The van der Waals surface area contributed by atoms with Crippen LogP contribution in [0.15, 0.2) is 24.4 Å². The molecule has 2 saturated heterocycles. The summed E-state index contributed by atoms with van der Waals surface area (Å²) in [6.07, 6.45) is 4.03. The zero-order chi connectivity index (χ0) is 21.1. The molecule has 0 bridgehead atoms. The van der Waals surface area contributed by atoms with Crippen molar-refractivity contribution in [1.29, 1.82) is 0 Å². The maximum absolute atomic E-state index is 6.18. The third-order valence-electron chi connectivity index (χ3n) is 6.04. The van der Waals surface area contributed by atoms with Gasteiger partial charge >= 0.3 is 0 Å². The van der Waals surface area contributed by atoms with E-state index in [9.17, 15) is 0 Å². The molecule has 162 valence electrons. The summed E-state index contributed by atoms with van der Waals surface area (Å²) in [4.78, 5) is 15.5. The number of nitrogens with one attached hydrogen (secondary N) is 1. The zero-order valence-corrected chi connectivity index (χ0v) is 19.0. The molecule has 2 aliphatic rings. The topological polar surface area (TPSA) is 56.8 Å². The number of rotatable bonds is 5. The molecule has 0 amide bonds. The number of methoxy groups -OCH3 is 1. The van der Waals surface area contributed by atoms with Gasteiger partial charge in [-0.1, -0.05) is 11.6 Å². The minimum Gasteiger partial charge on any atom is -0.494 e. The first-order chi connectivity index (χ1) is 14.5. The van der Waals surface area contributed by atoms with Gasteiger partial charge in [0.2, 0.25) is 5.28 Å². The van der Waals surface area contributed by atoms with Crippen molar-refractivity contribution in [2.24, 2.45) is 0 Å². The standard InChI is InChI=1S/C21H28Cl2N6O/c1-27-7-5-15(6-8-27)28-9-11-29(12-10-28)16-3-4-18(19(13-16)30-2)25-20-17(22)14-24-21(23)26-20/h3-4,13-15H,5-12H2,1-2H3,(H,24,25,26). The summed E-state index contributed by atoms with van der Waals surface area (Å²) in [6.45, 7) is 6.67. The normalized spacial score (nSPS) is 19.1. The largest absolute Gasteiger partial charge is 0.494 e. The molecule has 0 spiro atoms. The Kier molecular flexibility index (Phi) is 6.83. The van der Waals surface area contributed by atoms with Crippen molar-refractivity contribution in [3.8, 4) is 5.75 Å². The van der Waals surface area contributed by atoms with E-state index in [0.717, 1.165) is 49.3 Å². The number of benzene rings is 1. The van der Waals surface area contributed by atoms with E-state index in [0.29, 0.717) is 10.8 Å². The number of likely N-dealkylation sites (tertiary alicyclic amines) is 1. The molecular formula is C21H28Cl2N6O. The van der Waals surface area contributed by atoms with Gasteiger partial charge in [-0.2, -0.15) is 4.98 Å². The number of piperidine rings is 1. The van der Waals surface area contributed by atoms with Crippen LogP contribution in [0.2, 0.25) is 10.3 Å². The molecule has 0 saturated carbocycles. The smallest absolute Gasteiger partial charge is 0.224 e. The Balaban J connectivity index is 1.41. The van der Waals surface area contributed by atoms with E-state index in [-0.39, 0.29) is 5.28 Å². The maximum atomic E-state index is 6.18. The van der Waals surface area contributed by atoms with Crippen molar-refractivity contribution in [2.45, 2.75) is 18.9 Å². The van der Waals surface area contributed by atoms with Crippen LogP contribution in [0.25, 0.3) is 0 Å². The molecule has 2 aromatic rings. The molecule has 1 aromatic heterocycles. The lowest BCUT2D eigenvalue weighted by Gasteiger charge is -2.43. The Hall–Kier alpha value is -1.80. The number of hydrogen-bond acceptors (Lipinski definition) is 7. The summed E-state index contributed by atoms with van der Waals surface area (Å²) in [5.74, 6) is 1.19. The van der Waals surface area contributed by atoms with Crippen molar-refractivity contribution >= 4 is 40.4 Å². The molecule has 0 aliphatic carbocycles. The first-order valence-corrected chi connectivity index (χ1v) is 11.1. The lowest BCUT2D eigenvalue weighted by Crippen LogP contribution is -2.53. The Bertz CT molecular complexity index is 867. The summed E-state index contributed by atoms with van der Waals surface area (Å²) in [7, 11) is 3.88. The van der Waals surface area contributed by atoms with Crippen molar-refractivity contribution in [2.75, 3.05) is 63.6 Å². The van der Waals surface area contributed by atoms with Gasteiger partial charge < -0.3 is 19.9 Å². The van der Waals surface area contributed by atoms with Crippen molar-refractivity contribution < 1.29 is 4.74 Å². The van der Waals surface area contributed by atoms with E-state index in [2.05, 4.69) is 49.2 Å². The quantitative estimate of drug-likeness (QED) is 0.695. The van der Waals surface area contributed by atoms with Crippen LogP contribution in [0, 0.1) is 0 Å². The predicted molar refractivity (Wildman–Crippen MR) is 123 cm³/mol. The fourth-order valence-corrected chi connectivity index (χ4v) is 4.52. The van der Waals surface area contributed by atoms with E-state index in [1.54, 1.807) is 7.11 Å². The van der Waals surface area contributed by atoms with Crippen LogP contribution in [0.5, 0.6) is 5.75 Å². The number of hydrogen-bond donors (Lipinski definition) is 1. The van der Waals surface area contributed by atoms with Crippen LogP contribution >= 0.6 is 23.2 Å².